The predicted octanol–water partition coefficient (Wildman–Crippen LogP) is 1.10. The minimum Gasteiger partial charge on any atom is -0.507 e. The van der Waals surface area contributed by atoms with E-state index in [0.717, 1.165) is 12.1 Å². The lowest BCUT2D eigenvalue weighted by atomic mass is 9.46. The minimum atomic E-state index is -2.33. The number of ether oxygens (including phenoxy) is 2. The van der Waals surface area contributed by atoms with Crippen molar-refractivity contribution in [2.24, 2.45) is 34.5 Å². The highest BCUT2D eigenvalue weighted by Gasteiger charge is 2.89. The van der Waals surface area contributed by atoms with Crippen LogP contribution in [-0.2, 0) is 9.59 Å². The molecule has 0 aromatic heterocycles. The third-order valence-corrected chi connectivity index (χ3v) is 10.6. The van der Waals surface area contributed by atoms with Gasteiger partial charge in [0.15, 0.2) is 23.1 Å². The van der Waals surface area contributed by atoms with E-state index in [9.17, 15) is 49.8 Å². The summed E-state index contributed by atoms with van der Waals surface area (Å²) in [6.07, 6.45) is -3.49. The molecule has 8 rings (SSSR count). The number of fused-ring (bicyclic) bond motifs is 4. The molecule has 6 N–H and O–H groups in total. The molecule has 42 heavy (non-hydrogen) atoms. The molecule has 0 amide bonds. The second-order valence-corrected chi connectivity index (χ2v) is 11.7. The standard InChI is InChI=1S/C30H22O12/c1-41-7-3-9-13(11(31)5-7)21(33)17-25(37)20-23(35)15-16-24(36)19(29(15,17)27(9)39)26(38)18-22(34)14-10(28(40)30(16,18)20)4-8(42-2)6-12(14)32/h3-6,15-16,19-20,23-24,31-36H,1-2H3/t15?,16?,19?,20?,23-,24+,29?,30?. The first-order valence-electron chi connectivity index (χ1n) is 13.2. The Morgan fingerprint density at radius 2 is 0.976 bits per heavy atom. The molecule has 12 heteroatoms. The Bertz CT molecular complexity index is 1720. The number of carbonyl (C=O) groups is 4. The van der Waals surface area contributed by atoms with E-state index in [1.54, 1.807) is 0 Å². The van der Waals surface area contributed by atoms with Gasteiger partial charge in [0, 0.05) is 35.1 Å². The first-order chi connectivity index (χ1) is 19.9. The molecule has 0 saturated heterocycles. The molecule has 0 radical (unpaired) electrons. The first kappa shape index (κ1) is 25.1. The van der Waals surface area contributed by atoms with Gasteiger partial charge in [-0.2, -0.15) is 0 Å². The predicted molar refractivity (Wildman–Crippen MR) is 138 cm³/mol. The van der Waals surface area contributed by atoms with Crippen LogP contribution in [0.15, 0.2) is 35.4 Å². The number of phenols is 2. The summed E-state index contributed by atoms with van der Waals surface area (Å²) in [4.78, 5) is 58.2. The highest BCUT2D eigenvalue weighted by atomic mass is 16.5. The van der Waals surface area contributed by atoms with Crippen LogP contribution in [0.4, 0.5) is 0 Å². The highest BCUT2D eigenvalue weighted by molar-refractivity contribution is 6.30. The normalized spacial score (nSPS) is 36.7. The number of allylic oxidation sites excluding steroid dienone is 2. The van der Waals surface area contributed by atoms with Crippen LogP contribution in [0.2, 0.25) is 0 Å². The molecule has 4 bridgehead atoms. The van der Waals surface area contributed by atoms with E-state index in [1.165, 1.54) is 26.4 Å². The van der Waals surface area contributed by atoms with Crippen molar-refractivity contribution in [2.75, 3.05) is 14.2 Å². The van der Waals surface area contributed by atoms with Crippen LogP contribution >= 0.6 is 0 Å². The topological polar surface area (TPSA) is 208 Å². The maximum Gasteiger partial charge on any atom is 0.175 e. The van der Waals surface area contributed by atoms with Gasteiger partial charge in [0.1, 0.15) is 34.5 Å². The van der Waals surface area contributed by atoms with Gasteiger partial charge in [0.25, 0.3) is 0 Å². The maximum absolute atomic E-state index is 14.6. The van der Waals surface area contributed by atoms with Gasteiger partial charge < -0.3 is 40.1 Å². The van der Waals surface area contributed by atoms with E-state index in [1.807, 2.05) is 0 Å². The summed E-state index contributed by atoms with van der Waals surface area (Å²) in [6, 6.07) is 4.67. The summed E-state index contributed by atoms with van der Waals surface area (Å²) in [5.41, 5.74) is -7.16. The van der Waals surface area contributed by atoms with Crippen LogP contribution in [0.3, 0.4) is 0 Å². The van der Waals surface area contributed by atoms with Gasteiger partial charge in [-0.15, -0.1) is 0 Å². The number of ketones is 4. The number of rotatable bonds is 2. The van der Waals surface area contributed by atoms with Gasteiger partial charge in [0.2, 0.25) is 0 Å². The van der Waals surface area contributed by atoms with Crippen molar-refractivity contribution in [1.29, 1.82) is 0 Å². The number of aromatic hydroxyl groups is 2. The smallest absolute Gasteiger partial charge is 0.175 e. The van der Waals surface area contributed by atoms with Crippen LogP contribution in [0.5, 0.6) is 23.0 Å². The molecule has 8 atom stereocenters. The molecular weight excluding hydrogens is 552 g/mol. The number of methoxy groups -OCH3 is 2. The van der Waals surface area contributed by atoms with Crippen LogP contribution in [-0.4, -0.2) is 80.2 Å². The lowest BCUT2D eigenvalue weighted by Gasteiger charge is -2.53. The minimum absolute atomic E-state index is 0.0209. The van der Waals surface area contributed by atoms with Gasteiger partial charge >= 0.3 is 0 Å². The molecule has 2 aromatic carbocycles. The molecule has 2 spiro atoms. The number of benzene rings is 2. The number of aliphatic hydroxyl groups excluding tert-OH is 4. The highest BCUT2D eigenvalue weighted by Crippen LogP contribution is 2.80. The van der Waals surface area contributed by atoms with E-state index in [2.05, 4.69) is 0 Å². The fraction of sp³-hybridized carbons (Fsp3) is 0.333. The average molecular weight is 574 g/mol. The van der Waals surface area contributed by atoms with Crippen LogP contribution in [0, 0.1) is 34.5 Å². The molecule has 6 aliphatic carbocycles. The lowest BCUT2D eigenvalue weighted by molar-refractivity contribution is -0.142. The quantitative estimate of drug-likeness (QED) is 0.298. The zero-order valence-corrected chi connectivity index (χ0v) is 21.9. The summed E-state index contributed by atoms with van der Waals surface area (Å²) in [7, 11) is 2.55. The van der Waals surface area contributed by atoms with Crippen molar-refractivity contribution in [3.8, 4) is 23.0 Å². The van der Waals surface area contributed by atoms with Gasteiger partial charge in [-0.1, -0.05) is 0 Å². The fourth-order valence-corrected chi connectivity index (χ4v) is 9.41. The van der Waals surface area contributed by atoms with E-state index in [0.29, 0.717) is 0 Å². The second-order valence-electron chi connectivity index (χ2n) is 11.7. The number of carbonyl (C=O) groups excluding carboxylic acids is 4. The third kappa shape index (κ3) is 2.14. The second kappa shape index (κ2) is 7.20. The van der Waals surface area contributed by atoms with Gasteiger partial charge in [-0.05, 0) is 12.1 Å². The molecule has 0 aliphatic heterocycles. The largest absolute Gasteiger partial charge is 0.507 e. The number of aliphatic hydroxyl groups is 4. The molecule has 4 saturated carbocycles. The van der Waals surface area contributed by atoms with Crippen molar-refractivity contribution in [1.82, 2.24) is 0 Å². The Kier molecular flexibility index (Phi) is 4.30. The number of hydrogen-bond acceptors (Lipinski definition) is 12. The molecule has 214 valence electrons. The first-order valence-corrected chi connectivity index (χ1v) is 13.2. The average Bonchev–Trinajstić information content (AvgIpc) is 3.31. The van der Waals surface area contributed by atoms with Crippen molar-refractivity contribution in [3.05, 3.63) is 57.7 Å². The summed E-state index contributed by atoms with van der Waals surface area (Å²) < 4.78 is 10.3. The van der Waals surface area contributed by atoms with Gasteiger partial charge in [-0.25, -0.2) is 0 Å². The van der Waals surface area contributed by atoms with Crippen molar-refractivity contribution in [2.45, 2.75) is 12.2 Å². The van der Waals surface area contributed by atoms with Crippen LogP contribution in [0.25, 0.3) is 11.5 Å². The van der Waals surface area contributed by atoms with Crippen LogP contribution < -0.4 is 9.47 Å². The summed E-state index contributed by atoms with van der Waals surface area (Å²) in [5, 5.41) is 68.2. The molecule has 6 unspecified atom stereocenters. The van der Waals surface area contributed by atoms with E-state index >= 15 is 0 Å². The number of phenolic OH excluding ortho intramolecular Hbond substituents is 2. The molecule has 2 aromatic rings. The number of Topliss-reactive ketones (excluding diaryl/α,β-unsaturated/α-hetero) is 4. The third-order valence-electron chi connectivity index (χ3n) is 10.6. The molecule has 6 aliphatic rings. The van der Waals surface area contributed by atoms with Gasteiger partial charge in [-0.3, -0.25) is 19.2 Å². The van der Waals surface area contributed by atoms with E-state index in [4.69, 9.17) is 9.47 Å². The fourth-order valence-electron chi connectivity index (χ4n) is 9.41. The zero-order valence-electron chi connectivity index (χ0n) is 21.9. The number of hydrogen-bond donors (Lipinski definition) is 6. The van der Waals surface area contributed by atoms with E-state index in [-0.39, 0.29) is 33.8 Å². The monoisotopic (exact) mass is 574 g/mol. The SMILES string of the molecule is COc1cc(O)c2c(c1)C(=O)C13C(=C2O)C(=O)C2[C@H](O)C1C1[C@H](O)C3C(=O)C3=C(O)c4c(O)cc(OC)cc4C(=O)C321. The molecule has 12 nitrogen and oxygen atoms in total. The Labute approximate surface area is 235 Å². The summed E-state index contributed by atoms with van der Waals surface area (Å²) >= 11 is 0. The van der Waals surface area contributed by atoms with Crippen molar-refractivity contribution in [3.63, 3.8) is 0 Å². The summed E-state index contributed by atoms with van der Waals surface area (Å²) in [6.45, 7) is 0. The van der Waals surface area contributed by atoms with Gasteiger partial charge in [0.05, 0.1) is 71.4 Å². The molecule has 0 heterocycles. The molecule has 4 fully saturated rings. The zero-order chi connectivity index (χ0) is 29.9. The Morgan fingerprint density at radius 1 is 0.619 bits per heavy atom. The maximum atomic E-state index is 14.6. The van der Waals surface area contributed by atoms with Crippen molar-refractivity contribution >= 4 is 34.7 Å². The van der Waals surface area contributed by atoms with Crippen LogP contribution in [0.1, 0.15) is 31.8 Å². The Hall–Kier alpha value is -4.68. The lowest BCUT2D eigenvalue weighted by Crippen LogP contribution is -2.65. The Balaban J connectivity index is 1.52. The van der Waals surface area contributed by atoms with Crippen molar-refractivity contribution < 1.29 is 59.3 Å². The molecular formula is C30H22O12. The Morgan fingerprint density at radius 3 is 1.31 bits per heavy atom. The van der Waals surface area contributed by atoms with E-state index < -0.39 is 104 Å². The summed E-state index contributed by atoms with van der Waals surface area (Å²) in [5.74, 6) is -13.1.